The molecule has 0 fully saturated rings. The van der Waals surface area contributed by atoms with Gasteiger partial charge in [0.15, 0.2) is 0 Å². The molecule has 0 aromatic rings. The zero-order valence-corrected chi connectivity index (χ0v) is 10.4. The smallest absolute Gasteiger partial charge is 0.251 e. The van der Waals surface area contributed by atoms with Gasteiger partial charge in [0.2, 0.25) is 0 Å². The molecule has 58 valence electrons. The molecule has 1 rings (SSSR count). The topological polar surface area (TPSA) is 17.1 Å². The van der Waals surface area contributed by atoms with Crippen LogP contribution < -0.4 is 0 Å². The standard InChI is InChI=1S/C5H5.CI2O.Fe/c1-2-4-5-3-1;2-1(3)4;/h1-3H,4H2;;/q-1;;. The predicted molar refractivity (Wildman–Crippen MR) is 55.0 cm³/mol. The zero-order valence-electron chi connectivity index (χ0n) is 4.96. The zero-order chi connectivity index (χ0) is 7.11. The Balaban J connectivity index is 0. The van der Waals surface area contributed by atoms with Crippen LogP contribution in [0.1, 0.15) is 6.42 Å². The van der Waals surface area contributed by atoms with E-state index < -0.39 is 0 Å². The van der Waals surface area contributed by atoms with Crippen LogP contribution in [0, 0.1) is 6.08 Å². The Morgan fingerprint density at radius 3 is 2.10 bits per heavy atom. The average Bonchev–Trinajstić information content (AvgIpc) is 2.11. The summed E-state index contributed by atoms with van der Waals surface area (Å²) in [5, 5.41) is 0. The van der Waals surface area contributed by atoms with Crippen LogP contribution in [0.5, 0.6) is 0 Å². The van der Waals surface area contributed by atoms with Crippen molar-refractivity contribution in [1.82, 2.24) is 0 Å². The molecule has 0 aromatic heterocycles. The second kappa shape index (κ2) is 10.1. The summed E-state index contributed by atoms with van der Waals surface area (Å²) in [7, 11) is 0. The van der Waals surface area contributed by atoms with E-state index in [4.69, 9.17) is 0 Å². The summed E-state index contributed by atoms with van der Waals surface area (Å²) in [6, 6.07) is 0. The van der Waals surface area contributed by atoms with Gasteiger partial charge in [0.25, 0.3) is 1.80 Å². The van der Waals surface area contributed by atoms with Crippen molar-refractivity contribution in [3.05, 3.63) is 24.3 Å². The molecule has 10 heavy (non-hydrogen) atoms. The van der Waals surface area contributed by atoms with Crippen molar-refractivity contribution in [2.75, 3.05) is 0 Å². The monoisotopic (exact) mass is 403 g/mol. The maximum absolute atomic E-state index is 9.42. The summed E-state index contributed by atoms with van der Waals surface area (Å²) in [5.74, 6) is 0. The SMILES string of the molecule is O=C(I)I.[C-]1=CC=CC1.[Fe]. The molecule has 4 heteroatoms. The third kappa shape index (κ3) is 16.1. The summed E-state index contributed by atoms with van der Waals surface area (Å²) < 4.78 is 0.107. The molecule has 0 spiro atoms. The van der Waals surface area contributed by atoms with E-state index in [1.54, 1.807) is 45.2 Å². The van der Waals surface area contributed by atoms with Gasteiger partial charge in [-0.2, -0.15) is 6.08 Å². The van der Waals surface area contributed by atoms with Crippen LogP contribution in [0.3, 0.4) is 0 Å². The third-order valence-electron chi connectivity index (χ3n) is 0.586. The summed E-state index contributed by atoms with van der Waals surface area (Å²) in [6.45, 7) is 0. The van der Waals surface area contributed by atoms with E-state index in [0.717, 1.165) is 6.42 Å². The fraction of sp³-hybridized carbons (Fsp3) is 0.167. The van der Waals surface area contributed by atoms with E-state index in [2.05, 4.69) is 12.2 Å². The minimum Gasteiger partial charge on any atom is -0.276 e. The van der Waals surface area contributed by atoms with Gasteiger partial charge >= 0.3 is 0 Å². The number of rotatable bonds is 0. The normalized spacial score (nSPS) is 11.4. The van der Waals surface area contributed by atoms with Gasteiger partial charge in [-0.25, -0.2) is 12.2 Å². The fourth-order valence-electron chi connectivity index (χ4n) is 0.340. The van der Waals surface area contributed by atoms with Crippen molar-refractivity contribution in [2.24, 2.45) is 0 Å². The first-order valence-electron chi connectivity index (χ1n) is 2.30. The van der Waals surface area contributed by atoms with Crippen LogP contribution in [-0.4, -0.2) is 1.80 Å². The first kappa shape index (κ1) is 13.7. The molecule has 0 aliphatic heterocycles. The molecule has 0 bridgehead atoms. The van der Waals surface area contributed by atoms with Crippen LogP contribution in [0.4, 0.5) is 4.79 Å². The molecule has 0 radical (unpaired) electrons. The molecular weight excluding hydrogens is 398 g/mol. The van der Waals surface area contributed by atoms with Gasteiger partial charge in [0, 0.05) is 62.3 Å². The molecule has 0 saturated heterocycles. The Bertz CT molecular complexity index is 129. The number of carbonyl (C=O) groups is 1. The van der Waals surface area contributed by atoms with Gasteiger partial charge in [-0.1, -0.05) is 0 Å². The molecular formula is C6H5FeI2O-. The number of halogens is 2. The first-order valence-corrected chi connectivity index (χ1v) is 4.46. The first-order chi connectivity index (χ1) is 4.23. The number of allylic oxidation sites excluding steroid dienone is 4. The molecule has 0 N–H and O–H groups in total. The molecule has 1 nitrogen and oxygen atoms in total. The van der Waals surface area contributed by atoms with E-state index in [0.29, 0.717) is 0 Å². The Morgan fingerprint density at radius 2 is 2.00 bits per heavy atom. The molecule has 1 aliphatic carbocycles. The van der Waals surface area contributed by atoms with E-state index in [1.165, 1.54) is 0 Å². The predicted octanol–water partition coefficient (Wildman–Crippen LogP) is 3.28. The molecule has 0 atom stereocenters. The largest absolute Gasteiger partial charge is 0.276 e. The molecule has 0 unspecified atom stereocenters. The third-order valence-corrected chi connectivity index (χ3v) is 0.586. The van der Waals surface area contributed by atoms with Gasteiger partial charge in [-0.15, -0.1) is 6.42 Å². The number of carbonyl (C=O) groups excluding carboxylic acids is 1. The van der Waals surface area contributed by atoms with Crippen LogP contribution >= 0.6 is 45.2 Å². The van der Waals surface area contributed by atoms with Crippen LogP contribution in [-0.2, 0) is 17.1 Å². The molecule has 0 amide bonds. The summed E-state index contributed by atoms with van der Waals surface area (Å²) in [6.07, 6.45) is 10.0. The van der Waals surface area contributed by atoms with Crippen molar-refractivity contribution in [3.63, 3.8) is 0 Å². The van der Waals surface area contributed by atoms with Crippen LogP contribution in [0.25, 0.3) is 0 Å². The van der Waals surface area contributed by atoms with Crippen molar-refractivity contribution in [1.29, 1.82) is 0 Å². The van der Waals surface area contributed by atoms with Crippen LogP contribution in [0.2, 0.25) is 0 Å². The number of hydrogen-bond donors (Lipinski definition) is 0. The average molecular weight is 403 g/mol. The van der Waals surface area contributed by atoms with Gasteiger partial charge in [-0.05, 0) is 0 Å². The maximum atomic E-state index is 9.42. The minimum absolute atomic E-state index is 0. The molecule has 0 heterocycles. The Labute approximate surface area is 98.5 Å². The van der Waals surface area contributed by atoms with Crippen molar-refractivity contribution in [3.8, 4) is 0 Å². The van der Waals surface area contributed by atoms with E-state index in [1.807, 2.05) is 12.2 Å². The summed E-state index contributed by atoms with van der Waals surface area (Å²) >= 11 is 3.38. The van der Waals surface area contributed by atoms with Gasteiger partial charge < -0.3 is 0 Å². The quantitative estimate of drug-likeness (QED) is 0.263. The number of hydrogen-bond acceptors (Lipinski definition) is 1. The second-order valence-electron chi connectivity index (χ2n) is 1.23. The van der Waals surface area contributed by atoms with E-state index in [-0.39, 0.29) is 18.9 Å². The van der Waals surface area contributed by atoms with E-state index in [9.17, 15) is 4.79 Å². The van der Waals surface area contributed by atoms with Crippen molar-refractivity contribution >= 4 is 47.0 Å². The fourth-order valence-corrected chi connectivity index (χ4v) is 0.340. The Hall–Kier alpha value is 1.13. The minimum atomic E-state index is 0. The molecule has 0 saturated carbocycles. The van der Waals surface area contributed by atoms with Crippen molar-refractivity contribution in [2.45, 2.75) is 6.42 Å². The van der Waals surface area contributed by atoms with Crippen LogP contribution in [0.15, 0.2) is 18.2 Å². The summed E-state index contributed by atoms with van der Waals surface area (Å²) in [4.78, 5) is 9.42. The van der Waals surface area contributed by atoms with Gasteiger partial charge in [0.1, 0.15) is 0 Å². The molecule has 0 aromatic carbocycles. The van der Waals surface area contributed by atoms with Gasteiger partial charge in [0.05, 0.1) is 0 Å². The maximum Gasteiger partial charge on any atom is 0.251 e. The Kier molecular flexibility index (Phi) is 13.9. The Morgan fingerprint density at radius 1 is 1.50 bits per heavy atom. The second-order valence-corrected chi connectivity index (χ2v) is 5.25. The molecule has 1 aliphatic rings. The van der Waals surface area contributed by atoms with E-state index >= 15 is 0 Å². The van der Waals surface area contributed by atoms with Crippen molar-refractivity contribution < 1.29 is 21.9 Å². The van der Waals surface area contributed by atoms with Gasteiger partial charge in [-0.3, -0.25) is 10.9 Å². The summed E-state index contributed by atoms with van der Waals surface area (Å²) in [5.41, 5.74) is 0.